The summed E-state index contributed by atoms with van der Waals surface area (Å²) in [7, 11) is 0. The molecule has 5 heteroatoms. The zero-order valence-corrected chi connectivity index (χ0v) is 10.5. The van der Waals surface area contributed by atoms with Crippen molar-refractivity contribution in [2.45, 2.75) is 37.3 Å². The minimum absolute atomic E-state index is 0.144. The number of aliphatic hydroxyl groups is 1. The molecule has 1 heterocycles. The number of aromatic nitrogens is 3. The van der Waals surface area contributed by atoms with Crippen LogP contribution in [0, 0.1) is 5.82 Å². The second kappa shape index (κ2) is 4.74. The van der Waals surface area contributed by atoms with Crippen LogP contribution in [0.5, 0.6) is 0 Å². The van der Waals surface area contributed by atoms with E-state index in [1.165, 1.54) is 18.5 Å². The highest BCUT2D eigenvalue weighted by Crippen LogP contribution is 2.44. The average Bonchev–Trinajstić information content (AvgIpc) is 2.93. The molecule has 1 fully saturated rings. The first-order chi connectivity index (χ1) is 9.20. The molecule has 4 nitrogen and oxygen atoms in total. The number of hydrogen-bond acceptors (Lipinski definition) is 3. The summed E-state index contributed by atoms with van der Waals surface area (Å²) in [6, 6.07) is 5.95. The van der Waals surface area contributed by atoms with Crippen molar-refractivity contribution in [2.24, 2.45) is 0 Å². The fraction of sp³-hybridized carbons (Fsp3) is 0.429. The van der Waals surface area contributed by atoms with Crippen LogP contribution in [-0.2, 0) is 5.60 Å². The Kier molecular flexibility index (Phi) is 3.06. The van der Waals surface area contributed by atoms with E-state index in [1.807, 2.05) is 0 Å². The molecule has 0 saturated heterocycles. The molecule has 0 spiro atoms. The van der Waals surface area contributed by atoms with E-state index in [9.17, 15) is 9.50 Å². The van der Waals surface area contributed by atoms with Gasteiger partial charge in [-0.1, -0.05) is 25.0 Å². The highest BCUT2D eigenvalue weighted by Gasteiger charge is 2.42. The molecular weight excluding hydrogens is 245 g/mol. The van der Waals surface area contributed by atoms with Crippen LogP contribution in [0.4, 0.5) is 4.39 Å². The van der Waals surface area contributed by atoms with E-state index in [2.05, 4.69) is 10.1 Å². The van der Waals surface area contributed by atoms with Gasteiger partial charge in [-0.15, -0.1) is 0 Å². The van der Waals surface area contributed by atoms with Gasteiger partial charge in [-0.3, -0.25) is 0 Å². The Bertz CT molecular complexity index is 540. The quantitative estimate of drug-likeness (QED) is 0.903. The van der Waals surface area contributed by atoms with Crippen molar-refractivity contribution in [1.29, 1.82) is 0 Å². The van der Waals surface area contributed by atoms with Crippen LogP contribution in [0.15, 0.2) is 36.9 Å². The van der Waals surface area contributed by atoms with Gasteiger partial charge in [0.05, 0.1) is 6.04 Å². The van der Waals surface area contributed by atoms with Gasteiger partial charge in [0.2, 0.25) is 0 Å². The number of benzene rings is 1. The monoisotopic (exact) mass is 261 g/mol. The number of nitrogens with zero attached hydrogens (tertiary/aromatic N) is 3. The van der Waals surface area contributed by atoms with E-state index < -0.39 is 5.60 Å². The lowest BCUT2D eigenvalue weighted by Gasteiger charge is -2.40. The van der Waals surface area contributed by atoms with Gasteiger partial charge >= 0.3 is 0 Å². The second-order valence-electron chi connectivity index (χ2n) is 5.07. The molecule has 1 aromatic carbocycles. The third-order valence-electron chi connectivity index (χ3n) is 3.94. The third-order valence-corrected chi connectivity index (χ3v) is 3.94. The minimum atomic E-state index is -1.00. The van der Waals surface area contributed by atoms with Crippen LogP contribution in [0.25, 0.3) is 0 Å². The summed E-state index contributed by atoms with van der Waals surface area (Å²) in [6.45, 7) is 0. The van der Waals surface area contributed by atoms with E-state index in [-0.39, 0.29) is 11.9 Å². The SMILES string of the molecule is O[C@]1(c2ccc(F)cc2)CCCC[C@H]1n1cncn1. The Morgan fingerprint density at radius 2 is 2.05 bits per heavy atom. The first kappa shape index (κ1) is 12.3. The Balaban J connectivity index is 2.00. The zero-order chi connectivity index (χ0) is 13.3. The Labute approximate surface area is 110 Å². The molecule has 0 aliphatic heterocycles. The van der Waals surface area contributed by atoms with Crippen LogP contribution in [0.3, 0.4) is 0 Å². The average molecular weight is 261 g/mol. The van der Waals surface area contributed by atoms with E-state index >= 15 is 0 Å². The van der Waals surface area contributed by atoms with Gasteiger partial charge in [-0.25, -0.2) is 14.1 Å². The predicted octanol–water partition coefficient (Wildman–Crippen LogP) is 2.42. The molecular formula is C14H16FN3O. The molecule has 0 amide bonds. The molecule has 2 aromatic rings. The lowest BCUT2D eigenvalue weighted by molar-refractivity contribution is -0.0517. The van der Waals surface area contributed by atoms with Crippen LogP contribution in [-0.4, -0.2) is 19.9 Å². The smallest absolute Gasteiger partial charge is 0.137 e. The highest BCUT2D eigenvalue weighted by molar-refractivity contribution is 5.25. The van der Waals surface area contributed by atoms with Crippen molar-refractivity contribution in [2.75, 3.05) is 0 Å². The maximum absolute atomic E-state index is 13.0. The van der Waals surface area contributed by atoms with Crippen LogP contribution < -0.4 is 0 Å². The van der Waals surface area contributed by atoms with E-state index in [4.69, 9.17) is 0 Å². The standard InChI is InChI=1S/C14H16FN3O/c15-12-6-4-11(5-7-12)14(19)8-2-1-3-13(14)18-10-16-9-17-18/h4-7,9-10,13,19H,1-3,8H2/t13-,14+/m1/s1. The summed E-state index contributed by atoms with van der Waals surface area (Å²) >= 11 is 0. The van der Waals surface area contributed by atoms with Crippen LogP contribution in [0.1, 0.15) is 37.3 Å². The summed E-state index contributed by atoms with van der Waals surface area (Å²) in [4.78, 5) is 3.95. The maximum atomic E-state index is 13.0. The van der Waals surface area contributed by atoms with E-state index in [0.717, 1.165) is 24.8 Å². The number of rotatable bonds is 2. The Hall–Kier alpha value is -1.75. The van der Waals surface area contributed by atoms with Gasteiger partial charge in [0, 0.05) is 0 Å². The summed E-state index contributed by atoms with van der Waals surface area (Å²) in [6.07, 6.45) is 6.61. The van der Waals surface area contributed by atoms with Gasteiger partial charge in [-0.2, -0.15) is 5.10 Å². The minimum Gasteiger partial charge on any atom is -0.383 e. The normalized spacial score (nSPS) is 27.4. The van der Waals surface area contributed by atoms with E-state index in [0.29, 0.717) is 6.42 Å². The molecule has 19 heavy (non-hydrogen) atoms. The van der Waals surface area contributed by atoms with Gasteiger partial charge in [0.1, 0.15) is 24.1 Å². The summed E-state index contributed by atoms with van der Waals surface area (Å²) < 4.78 is 14.8. The first-order valence-corrected chi connectivity index (χ1v) is 6.53. The molecule has 0 radical (unpaired) electrons. The highest BCUT2D eigenvalue weighted by atomic mass is 19.1. The molecule has 3 rings (SSSR count). The molecule has 1 aliphatic rings. The lowest BCUT2D eigenvalue weighted by atomic mass is 9.76. The summed E-state index contributed by atoms with van der Waals surface area (Å²) in [5.74, 6) is -0.291. The fourth-order valence-corrected chi connectivity index (χ4v) is 2.94. The molecule has 2 atom stereocenters. The molecule has 0 unspecified atom stereocenters. The maximum Gasteiger partial charge on any atom is 0.137 e. The topological polar surface area (TPSA) is 50.9 Å². The lowest BCUT2D eigenvalue weighted by Crippen LogP contribution is -2.39. The fourth-order valence-electron chi connectivity index (χ4n) is 2.94. The van der Waals surface area contributed by atoms with Crippen molar-refractivity contribution in [1.82, 2.24) is 14.8 Å². The van der Waals surface area contributed by atoms with Crippen LogP contribution in [0.2, 0.25) is 0 Å². The third kappa shape index (κ3) is 2.14. The van der Waals surface area contributed by atoms with Crippen molar-refractivity contribution in [3.8, 4) is 0 Å². The van der Waals surface area contributed by atoms with E-state index in [1.54, 1.807) is 23.1 Å². The van der Waals surface area contributed by atoms with Gasteiger partial charge in [0.15, 0.2) is 0 Å². The van der Waals surface area contributed by atoms with Gasteiger partial charge in [0.25, 0.3) is 0 Å². The largest absolute Gasteiger partial charge is 0.383 e. The molecule has 1 aliphatic carbocycles. The van der Waals surface area contributed by atoms with Gasteiger partial charge < -0.3 is 5.11 Å². The molecule has 1 aromatic heterocycles. The Morgan fingerprint density at radius 3 is 2.74 bits per heavy atom. The molecule has 100 valence electrons. The van der Waals surface area contributed by atoms with Crippen molar-refractivity contribution in [3.05, 3.63) is 48.3 Å². The van der Waals surface area contributed by atoms with Crippen molar-refractivity contribution >= 4 is 0 Å². The summed E-state index contributed by atoms with van der Waals surface area (Å²) in [5.41, 5.74) is -0.256. The summed E-state index contributed by atoms with van der Waals surface area (Å²) in [5, 5.41) is 15.2. The van der Waals surface area contributed by atoms with Gasteiger partial charge in [-0.05, 0) is 30.5 Å². The van der Waals surface area contributed by atoms with Crippen molar-refractivity contribution in [3.63, 3.8) is 0 Å². The van der Waals surface area contributed by atoms with Crippen LogP contribution >= 0.6 is 0 Å². The van der Waals surface area contributed by atoms with Crippen molar-refractivity contribution < 1.29 is 9.50 Å². The molecule has 1 N–H and O–H groups in total. The Morgan fingerprint density at radius 1 is 1.26 bits per heavy atom. The predicted molar refractivity (Wildman–Crippen MR) is 67.8 cm³/mol. The molecule has 1 saturated carbocycles. The zero-order valence-electron chi connectivity index (χ0n) is 10.5. The first-order valence-electron chi connectivity index (χ1n) is 6.53. The number of halogens is 1. The second-order valence-corrected chi connectivity index (χ2v) is 5.07. The molecule has 0 bridgehead atoms. The number of hydrogen-bond donors (Lipinski definition) is 1.